The summed E-state index contributed by atoms with van der Waals surface area (Å²) in [5.41, 5.74) is 2.91. The van der Waals surface area contributed by atoms with Crippen molar-refractivity contribution >= 4 is 44.7 Å². The molecule has 7 heteroatoms. The molecule has 0 radical (unpaired) electrons. The quantitative estimate of drug-likeness (QED) is 0.403. The maximum absolute atomic E-state index is 13.0. The summed E-state index contributed by atoms with van der Waals surface area (Å²) in [6.07, 6.45) is 0. The van der Waals surface area contributed by atoms with E-state index >= 15 is 0 Å². The second kappa shape index (κ2) is 7.44. The molecule has 4 aromatic rings. The van der Waals surface area contributed by atoms with E-state index < -0.39 is 5.97 Å². The summed E-state index contributed by atoms with van der Waals surface area (Å²) in [6, 6.07) is 14.0. The average molecular weight is 388 g/mol. The van der Waals surface area contributed by atoms with Gasteiger partial charge in [-0.05, 0) is 38.4 Å². The van der Waals surface area contributed by atoms with Crippen LogP contribution in [0.1, 0.15) is 20.7 Å². The van der Waals surface area contributed by atoms with Gasteiger partial charge in [-0.1, -0.05) is 24.3 Å². The van der Waals surface area contributed by atoms with Gasteiger partial charge in [0, 0.05) is 23.9 Å². The minimum absolute atomic E-state index is 0.0668. The number of hydrogen-bond acceptors (Lipinski definition) is 5. The zero-order valence-electron chi connectivity index (χ0n) is 16.1. The van der Waals surface area contributed by atoms with E-state index in [4.69, 9.17) is 4.98 Å². The topological polar surface area (TPSA) is 95.4 Å². The largest absolute Gasteiger partial charge is 0.478 e. The van der Waals surface area contributed by atoms with Crippen LogP contribution in [0.15, 0.2) is 48.5 Å². The summed E-state index contributed by atoms with van der Waals surface area (Å²) in [6.45, 7) is 1.12. The highest BCUT2D eigenvalue weighted by Gasteiger charge is 2.20. The molecule has 0 spiro atoms. The van der Waals surface area contributed by atoms with Crippen molar-refractivity contribution in [3.05, 3.63) is 59.7 Å². The summed E-state index contributed by atoms with van der Waals surface area (Å²) in [4.78, 5) is 36.1. The van der Waals surface area contributed by atoms with E-state index in [0.717, 1.165) is 0 Å². The molecule has 1 amide bonds. The molecule has 1 heterocycles. The number of nitrogens with zero attached hydrogens (tertiary/aromatic N) is 3. The number of hydrogen-bond donors (Lipinski definition) is 2. The fourth-order valence-electron chi connectivity index (χ4n) is 3.41. The van der Waals surface area contributed by atoms with Crippen LogP contribution < -0.4 is 5.32 Å². The molecule has 0 aliphatic heterocycles. The lowest BCUT2D eigenvalue weighted by atomic mass is 9.96. The Morgan fingerprint density at radius 2 is 1.69 bits per heavy atom. The zero-order valence-corrected chi connectivity index (χ0v) is 16.1. The normalized spacial score (nSPS) is 11.4. The fourth-order valence-corrected chi connectivity index (χ4v) is 3.41. The van der Waals surface area contributed by atoms with Gasteiger partial charge in [-0.2, -0.15) is 0 Å². The van der Waals surface area contributed by atoms with E-state index in [-0.39, 0.29) is 17.0 Å². The number of amides is 1. The van der Waals surface area contributed by atoms with Gasteiger partial charge < -0.3 is 15.3 Å². The minimum Gasteiger partial charge on any atom is -0.478 e. The number of likely N-dealkylation sites (N-methyl/N-ethyl adjacent to an activating group) is 1. The van der Waals surface area contributed by atoms with E-state index in [2.05, 4.69) is 10.3 Å². The monoisotopic (exact) mass is 388 g/mol. The van der Waals surface area contributed by atoms with Crippen LogP contribution in [0.5, 0.6) is 0 Å². The second-order valence-electron chi connectivity index (χ2n) is 7.10. The Kier molecular flexibility index (Phi) is 4.82. The molecule has 0 saturated heterocycles. The molecule has 1 aromatic heterocycles. The van der Waals surface area contributed by atoms with Crippen LogP contribution in [0, 0.1) is 0 Å². The molecular weight excluding hydrogens is 368 g/mol. The van der Waals surface area contributed by atoms with Crippen molar-refractivity contribution in [3.8, 4) is 0 Å². The van der Waals surface area contributed by atoms with Crippen molar-refractivity contribution in [3.63, 3.8) is 0 Å². The molecule has 3 aromatic carbocycles. The van der Waals surface area contributed by atoms with Gasteiger partial charge in [0.2, 0.25) is 0 Å². The number of fused-ring (bicyclic) bond motifs is 4. The molecule has 0 atom stereocenters. The average Bonchev–Trinajstić information content (AvgIpc) is 2.70. The van der Waals surface area contributed by atoms with E-state index in [9.17, 15) is 14.7 Å². The molecule has 0 fully saturated rings. The van der Waals surface area contributed by atoms with Gasteiger partial charge in [-0.3, -0.25) is 4.79 Å². The zero-order chi connectivity index (χ0) is 20.5. The van der Waals surface area contributed by atoms with Crippen molar-refractivity contribution in [1.29, 1.82) is 0 Å². The number of carboxylic acid groups (broad SMARTS) is 1. The van der Waals surface area contributed by atoms with Gasteiger partial charge in [0.25, 0.3) is 5.91 Å². The van der Waals surface area contributed by atoms with Gasteiger partial charge in [0.05, 0.1) is 33.2 Å². The first-order chi connectivity index (χ1) is 14.0. The number of para-hydroxylation sites is 2. The van der Waals surface area contributed by atoms with E-state index in [0.29, 0.717) is 45.9 Å². The summed E-state index contributed by atoms with van der Waals surface area (Å²) < 4.78 is 0. The smallest absolute Gasteiger partial charge is 0.336 e. The van der Waals surface area contributed by atoms with Gasteiger partial charge in [0.15, 0.2) is 0 Å². The highest BCUT2D eigenvalue weighted by atomic mass is 16.4. The number of aromatic carboxylic acids is 1. The summed E-state index contributed by atoms with van der Waals surface area (Å²) in [5, 5.41) is 13.5. The molecule has 0 bridgehead atoms. The molecule has 2 N–H and O–H groups in total. The molecule has 0 aliphatic rings. The van der Waals surface area contributed by atoms with Crippen LogP contribution in [-0.2, 0) is 0 Å². The minimum atomic E-state index is -1.09. The number of carbonyl (C=O) groups excluding carboxylic acids is 1. The highest BCUT2D eigenvalue weighted by Crippen LogP contribution is 2.31. The van der Waals surface area contributed by atoms with Crippen LogP contribution in [0.3, 0.4) is 0 Å². The lowest BCUT2D eigenvalue weighted by molar-refractivity contribution is 0.0699. The molecule has 146 valence electrons. The van der Waals surface area contributed by atoms with E-state index in [1.165, 1.54) is 6.07 Å². The van der Waals surface area contributed by atoms with Gasteiger partial charge in [-0.25, -0.2) is 14.8 Å². The molecule has 29 heavy (non-hydrogen) atoms. The number of aromatic nitrogens is 2. The number of carbonyl (C=O) groups is 2. The summed E-state index contributed by atoms with van der Waals surface area (Å²) >= 11 is 0. The van der Waals surface area contributed by atoms with Gasteiger partial charge in [-0.15, -0.1) is 0 Å². The lowest BCUT2D eigenvalue weighted by Crippen LogP contribution is -2.31. The van der Waals surface area contributed by atoms with Crippen molar-refractivity contribution in [1.82, 2.24) is 20.2 Å². The van der Waals surface area contributed by atoms with Crippen molar-refractivity contribution < 1.29 is 14.7 Å². The molecule has 7 nitrogen and oxygen atoms in total. The molecular formula is C22H20N4O3. The van der Waals surface area contributed by atoms with Crippen molar-refractivity contribution in [2.24, 2.45) is 0 Å². The third kappa shape index (κ3) is 3.48. The predicted octanol–water partition coefficient (Wildman–Crippen LogP) is 2.93. The first-order valence-corrected chi connectivity index (χ1v) is 9.24. The predicted molar refractivity (Wildman–Crippen MR) is 112 cm³/mol. The number of carboxylic acids is 1. The first-order valence-electron chi connectivity index (χ1n) is 9.24. The third-order valence-electron chi connectivity index (χ3n) is 4.79. The van der Waals surface area contributed by atoms with Crippen LogP contribution in [0.2, 0.25) is 0 Å². The number of rotatable bonds is 5. The summed E-state index contributed by atoms with van der Waals surface area (Å²) in [5.74, 6) is -1.42. The Morgan fingerprint density at radius 3 is 2.38 bits per heavy atom. The van der Waals surface area contributed by atoms with E-state index in [1.54, 1.807) is 18.2 Å². The lowest BCUT2D eigenvalue weighted by Gasteiger charge is -2.14. The SMILES string of the molecule is CN(C)CCNC(=O)c1cc2nc3ccccc3nc2c2cccc(C(=O)O)c12. The maximum Gasteiger partial charge on any atom is 0.336 e. The van der Waals surface area contributed by atoms with Crippen LogP contribution in [-0.4, -0.2) is 59.0 Å². The van der Waals surface area contributed by atoms with Crippen LogP contribution in [0.25, 0.3) is 32.8 Å². The highest BCUT2D eigenvalue weighted by molar-refractivity contribution is 6.21. The Balaban J connectivity index is 1.99. The van der Waals surface area contributed by atoms with Crippen molar-refractivity contribution in [2.75, 3.05) is 27.2 Å². The Morgan fingerprint density at radius 1 is 0.966 bits per heavy atom. The van der Waals surface area contributed by atoms with Gasteiger partial charge in [0.1, 0.15) is 0 Å². The van der Waals surface area contributed by atoms with Crippen molar-refractivity contribution in [2.45, 2.75) is 0 Å². The Bertz CT molecular complexity index is 1270. The summed E-state index contributed by atoms with van der Waals surface area (Å²) in [7, 11) is 3.83. The molecule has 0 aliphatic carbocycles. The Hall–Kier alpha value is -3.58. The second-order valence-corrected chi connectivity index (χ2v) is 7.10. The molecule has 0 saturated carbocycles. The number of nitrogens with one attached hydrogen (secondary N) is 1. The Labute approximate surface area is 167 Å². The standard InChI is InChI=1S/C22H20N4O3/c1-26(2)11-10-23-21(27)15-12-18-20(25-17-9-4-3-8-16(17)24-18)13-6-5-7-14(19(13)15)22(28)29/h3-9,12H,10-11H2,1-2H3,(H,23,27)(H,28,29). The van der Waals surface area contributed by atoms with Gasteiger partial charge >= 0.3 is 5.97 Å². The molecule has 0 unspecified atom stereocenters. The fraction of sp³-hybridized carbons (Fsp3) is 0.182. The van der Waals surface area contributed by atoms with E-state index in [1.807, 2.05) is 43.3 Å². The number of benzene rings is 3. The van der Waals surface area contributed by atoms with Crippen LogP contribution in [0.4, 0.5) is 0 Å². The maximum atomic E-state index is 13.0. The third-order valence-corrected chi connectivity index (χ3v) is 4.79. The first kappa shape index (κ1) is 18.8. The molecule has 4 rings (SSSR count). The van der Waals surface area contributed by atoms with Crippen LogP contribution >= 0.6 is 0 Å².